The van der Waals surface area contributed by atoms with E-state index in [0.29, 0.717) is 31.0 Å². The highest BCUT2D eigenvalue weighted by Gasteiger charge is 2.49. The van der Waals surface area contributed by atoms with Gasteiger partial charge in [-0.25, -0.2) is 0 Å². The SMILES string of the molecule is CN(C)C1CCC(c2ccccc2)(N2CCC(c3cc(C(F)(F)F)cc(C(F)(F)F)c3)C2=O)CC1. The van der Waals surface area contributed by atoms with Crippen molar-refractivity contribution in [3.8, 4) is 0 Å². The maximum Gasteiger partial charge on any atom is 0.416 e. The van der Waals surface area contributed by atoms with Crippen molar-refractivity contribution in [2.75, 3.05) is 20.6 Å². The van der Waals surface area contributed by atoms with E-state index in [4.69, 9.17) is 0 Å². The Hall–Kier alpha value is -2.55. The molecule has 2 fully saturated rings. The van der Waals surface area contributed by atoms with Crippen LogP contribution in [0, 0.1) is 0 Å². The number of carbonyl (C=O) groups is 1. The van der Waals surface area contributed by atoms with Gasteiger partial charge in [-0.3, -0.25) is 4.79 Å². The summed E-state index contributed by atoms with van der Waals surface area (Å²) in [7, 11) is 4.01. The second-order valence-corrected chi connectivity index (χ2v) is 9.76. The predicted octanol–water partition coefficient (Wildman–Crippen LogP) is 6.44. The van der Waals surface area contributed by atoms with Gasteiger partial charge < -0.3 is 9.80 Å². The van der Waals surface area contributed by atoms with Gasteiger partial charge in [0.15, 0.2) is 0 Å². The molecule has 0 bridgehead atoms. The highest BCUT2D eigenvalue weighted by Crippen LogP contribution is 2.48. The van der Waals surface area contributed by atoms with Gasteiger partial charge in [0.05, 0.1) is 22.6 Å². The Bertz CT molecular complexity index is 1020. The fourth-order valence-electron chi connectivity index (χ4n) is 5.65. The van der Waals surface area contributed by atoms with E-state index in [1.54, 1.807) is 4.90 Å². The van der Waals surface area contributed by atoms with Gasteiger partial charge in [0, 0.05) is 12.6 Å². The highest BCUT2D eigenvalue weighted by atomic mass is 19.4. The van der Waals surface area contributed by atoms with Gasteiger partial charge in [-0.2, -0.15) is 26.3 Å². The number of alkyl halides is 6. The van der Waals surface area contributed by atoms with Crippen molar-refractivity contribution in [1.82, 2.24) is 9.80 Å². The summed E-state index contributed by atoms with van der Waals surface area (Å²) >= 11 is 0. The molecule has 1 aliphatic carbocycles. The normalized spacial score (nSPS) is 26.0. The van der Waals surface area contributed by atoms with Gasteiger partial charge in [-0.1, -0.05) is 30.3 Å². The molecule has 0 radical (unpaired) electrons. The Morgan fingerprint density at radius 1 is 0.857 bits per heavy atom. The zero-order valence-corrected chi connectivity index (χ0v) is 19.6. The number of benzene rings is 2. The van der Waals surface area contributed by atoms with Crippen LogP contribution in [-0.2, 0) is 22.7 Å². The first-order valence-corrected chi connectivity index (χ1v) is 11.7. The molecule has 2 aromatic rings. The van der Waals surface area contributed by atoms with E-state index in [1.807, 2.05) is 44.4 Å². The van der Waals surface area contributed by atoms with E-state index in [-0.39, 0.29) is 24.6 Å². The van der Waals surface area contributed by atoms with E-state index in [1.165, 1.54) is 0 Å². The number of likely N-dealkylation sites (tertiary alicyclic amines) is 1. The van der Waals surface area contributed by atoms with Crippen molar-refractivity contribution in [3.05, 3.63) is 70.8 Å². The maximum atomic E-state index is 13.7. The second kappa shape index (κ2) is 9.15. The molecule has 1 amide bonds. The molecule has 2 aromatic carbocycles. The lowest BCUT2D eigenvalue weighted by atomic mass is 9.73. The van der Waals surface area contributed by atoms with Crippen LogP contribution in [0.3, 0.4) is 0 Å². The number of carbonyl (C=O) groups excluding carboxylic acids is 1. The Kier molecular flexibility index (Phi) is 6.68. The summed E-state index contributed by atoms with van der Waals surface area (Å²) in [6, 6.07) is 11.4. The molecule has 0 spiro atoms. The van der Waals surface area contributed by atoms with Gasteiger partial charge in [-0.05, 0) is 75.5 Å². The van der Waals surface area contributed by atoms with Crippen LogP contribution in [0.4, 0.5) is 26.3 Å². The number of hydrogen-bond acceptors (Lipinski definition) is 2. The van der Waals surface area contributed by atoms with Crippen LogP contribution in [0.5, 0.6) is 0 Å². The molecule has 1 heterocycles. The van der Waals surface area contributed by atoms with Crippen molar-refractivity contribution < 1.29 is 31.1 Å². The van der Waals surface area contributed by atoms with Gasteiger partial charge in [0.2, 0.25) is 5.91 Å². The maximum absolute atomic E-state index is 13.7. The summed E-state index contributed by atoms with van der Waals surface area (Å²) in [6.07, 6.45) is -6.72. The molecule has 1 saturated heterocycles. The number of rotatable bonds is 4. The molecule has 1 saturated carbocycles. The number of halogens is 6. The Labute approximate surface area is 200 Å². The zero-order valence-electron chi connectivity index (χ0n) is 19.6. The van der Waals surface area contributed by atoms with Crippen molar-refractivity contribution in [3.63, 3.8) is 0 Å². The quantitative estimate of drug-likeness (QED) is 0.453. The minimum Gasteiger partial charge on any atom is -0.332 e. The van der Waals surface area contributed by atoms with Crippen molar-refractivity contribution in [2.45, 2.75) is 62.0 Å². The third-order valence-corrected chi connectivity index (χ3v) is 7.56. The Morgan fingerprint density at radius 3 is 1.89 bits per heavy atom. The van der Waals surface area contributed by atoms with Crippen LogP contribution in [0.1, 0.15) is 60.3 Å². The first-order valence-electron chi connectivity index (χ1n) is 11.7. The molecule has 0 aromatic heterocycles. The summed E-state index contributed by atoms with van der Waals surface area (Å²) in [6.45, 7) is 0.280. The number of nitrogens with zero attached hydrogens (tertiary/aromatic N) is 2. The van der Waals surface area contributed by atoms with Gasteiger partial charge in [0.1, 0.15) is 0 Å². The minimum absolute atomic E-state index is 0.106. The molecule has 35 heavy (non-hydrogen) atoms. The summed E-state index contributed by atoms with van der Waals surface area (Å²) in [5.41, 5.74) is -2.69. The summed E-state index contributed by atoms with van der Waals surface area (Å²) in [5.74, 6) is -1.46. The highest BCUT2D eigenvalue weighted by molar-refractivity contribution is 5.87. The van der Waals surface area contributed by atoms with Crippen LogP contribution in [0.25, 0.3) is 0 Å². The second-order valence-electron chi connectivity index (χ2n) is 9.76. The van der Waals surface area contributed by atoms with E-state index >= 15 is 0 Å². The topological polar surface area (TPSA) is 23.6 Å². The van der Waals surface area contributed by atoms with Crippen LogP contribution < -0.4 is 0 Å². The average molecular weight is 499 g/mol. The zero-order chi connectivity index (χ0) is 25.6. The van der Waals surface area contributed by atoms with E-state index in [0.717, 1.165) is 18.4 Å². The standard InChI is InChI=1S/C26H28F6N2O/c1-33(2)21-8-11-24(12-9-21,18-6-4-3-5-7-18)34-13-10-22(23(34)35)17-14-19(25(27,28)29)16-20(15-17)26(30,31)32/h3-7,14-16,21-22H,8-13H2,1-2H3. The van der Waals surface area contributed by atoms with Gasteiger partial charge >= 0.3 is 12.4 Å². The fraction of sp³-hybridized carbons (Fsp3) is 0.500. The largest absolute Gasteiger partial charge is 0.416 e. The van der Waals surface area contributed by atoms with Gasteiger partial charge in [-0.15, -0.1) is 0 Å². The predicted molar refractivity (Wildman–Crippen MR) is 120 cm³/mol. The van der Waals surface area contributed by atoms with E-state index in [9.17, 15) is 31.1 Å². The van der Waals surface area contributed by atoms with Crippen LogP contribution in [-0.4, -0.2) is 42.4 Å². The third-order valence-electron chi connectivity index (χ3n) is 7.56. The molecule has 4 rings (SSSR count). The Morgan fingerprint density at radius 2 is 1.40 bits per heavy atom. The molecule has 190 valence electrons. The first-order chi connectivity index (χ1) is 16.3. The lowest BCUT2D eigenvalue weighted by molar-refractivity contribution is -0.143. The minimum atomic E-state index is -4.95. The van der Waals surface area contributed by atoms with Crippen molar-refractivity contribution in [1.29, 1.82) is 0 Å². The van der Waals surface area contributed by atoms with Crippen molar-refractivity contribution in [2.24, 2.45) is 0 Å². The van der Waals surface area contributed by atoms with E-state index < -0.39 is 40.8 Å². The Balaban J connectivity index is 1.71. The summed E-state index contributed by atoms with van der Waals surface area (Å²) in [4.78, 5) is 17.5. The fourth-order valence-corrected chi connectivity index (χ4v) is 5.65. The third kappa shape index (κ3) is 4.92. The smallest absolute Gasteiger partial charge is 0.332 e. The van der Waals surface area contributed by atoms with Crippen LogP contribution >= 0.6 is 0 Å². The molecule has 1 atom stereocenters. The summed E-state index contributed by atoms with van der Waals surface area (Å²) < 4.78 is 80.4. The summed E-state index contributed by atoms with van der Waals surface area (Å²) in [5, 5.41) is 0. The van der Waals surface area contributed by atoms with Crippen LogP contribution in [0.15, 0.2) is 48.5 Å². The molecule has 9 heteroatoms. The average Bonchev–Trinajstić information content (AvgIpc) is 3.20. The lowest BCUT2D eigenvalue weighted by Gasteiger charge is -2.48. The molecule has 1 aliphatic heterocycles. The molecular weight excluding hydrogens is 470 g/mol. The molecule has 2 aliphatic rings. The number of hydrogen-bond donors (Lipinski definition) is 0. The molecule has 1 unspecified atom stereocenters. The molecule has 3 nitrogen and oxygen atoms in total. The van der Waals surface area contributed by atoms with E-state index in [2.05, 4.69) is 4.90 Å². The van der Waals surface area contributed by atoms with Gasteiger partial charge in [0.25, 0.3) is 0 Å². The monoisotopic (exact) mass is 498 g/mol. The van der Waals surface area contributed by atoms with Crippen molar-refractivity contribution >= 4 is 5.91 Å². The first kappa shape index (κ1) is 25.5. The number of amides is 1. The molecular formula is C26H28F6N2O. The van der Waals surface area contributed by atoms with Crippen LogP contribution in [0.2, 0.25) is 0 Å². The molecule has 0 N–H and O–H groups in total. The lowest BCUT2D eigenvalue weighted by Crippen LogP contribution is -2.51.